The molecule has 2 rings (SSSR count). The summed E-state index contributed by atoms with van der Waals surface area (Å²) < 4.78 is 4.87. The Morgan fingerprint density at radius 2 is 2.33 bits per heavy atom. The highest BCUT2D eigenvalue weighted by atomic mass is 16.5. The summed E-state index contributed by atoms with van der Waals surface area (Å²) in [4.78, 5) is 15.5. The molecule has 98 valence electrons. The molecule has 1 aliphatic carbocycles. The summed E-state index contributed by atoms with van der Waals surface area (Å²) in [6.07, 6.45) is 4.22. The zero-order chi connectivity index (χ0) is 13.0. The first kappa shape index (κ1) is 12.8. The molecule has 1 fully saturated rings. The first-order chi connectivity index (χ1) is 8.63. The fourth-order valence-electron chi connectivity index (χ4n) is 1.85. The van der Waals surface area contributed by atoms with Gasteiger partial charge in [-0.15, -0.1) is 0 Å². The van der Waals surface area contributed by atoms with Crippen LogP contribution in [0, 0.1) is 0 Å². The maximum atomic E-state index is 11.4. The number of carbonyl (C=O) groups is 1. The van der Waals surface area contributed by atoms with Gasteiger partial charge in [-0.2, -0.15) is 0 Å². The first-order valence-electron chi connectivity index (χ1n) is 6.22. The van der Waals surface area contributed by atoms with Gasteiger partial charge in [0.1, 0.15) is 5.82 Å². The second-order valence-corrected chi connectivity index (χ2v) is 4.58. The van der Waals surface area contributed by atoms with E-state index < -0.39 is 5.60 Å². The van der Waals surface area contributed by atoms with E-state index in [-0.39, 0.29) is 5.97 Å². The predicted octanol–water partition coefficient (Wildman–Crippen LogP) is 1.59. The fraction of sp³-hybridized carbons (Fsp3) is 0.538. The summed E-state index contributed by atoms with van der Waals surface area (Å²) in [5, 5.41) is 13.0. The number of carbonyl (C=O) groups excluding carboxylic acids is 1. The maximum Gasteiger partial charge on any atom is 0.339 e. The van der Waals surface area contributed by atoms with E-state index in [1.165, 1.54) is 6.20 Å². The lowest BCUT2D eigenvalue weighted by molar-refractivity contribution is -0.0202. The Bertz CT molecular complexity index is 413. The lowest BCUT2D eigenvalue weighted by atomic mass is 9.80. The van der Waals surface area contributed by atoms with E-state index in [2.05, 4.69) is 10.3 Å². The number of hydrogen-bond donors (Lipinski definition) is 2. The van der Waals surface area contributed by atoms with Crippen LogP contribution in [-0.2, 0) is 4.74 Å². The van der Waals surface area contributed by atoms with Crippen molar-refractivity contribution in [2.45, 2.75) is 31.8 Å². The number of pyridine rings is 1. The van der Waals surface area contributed by atoms with Crippen LogP contribution in [-0.4, -0.2) is 34.8 Å². The molecule has 0 radical (unpaired) electrons. The molecule has 0 aliphatic heterocycles. The van der Waals surface area contributed by atoms with Gasteiger partial charge in [-0.1, -0.05) is 0 Å². The molecule has 1 aromatic heterocycles. The molecule has 0 unspecified atom stereocenters. The van der Waals surface area contributed by atoms with Gasteiger partial charge in [-0.05, 0) is 38.3 Å². The molecule has 0 bridgehead atoms. The standard InChI is InChI=1S/C13H18N2O3/c1-2-18-12(16)10-4-5-11(14-8-10)15-9-13(17)6-3-7-13/h4-5,8,17H,2-3,6-7,9H2,1H3,(H,14,15). The predicted molar refractivity (Wildman–Crippen MR) is 67.5 cm³/mol. The average molecular weight is 250 g/mol. The normalized spacial score (nSPS) is 16.8. The van der Waals surface area contributed by atoms with Gasteiger partial charge in [0.2, 0.25) is 0 Å². The van der Waals surface area contributed by atoms with Crippen LogP contribution < -0.4 is 5.32 Å². The number of rotatable bonds is 5. The second-order valence-electron chi connectivity index (χ2n) is 4.58. The van der Waals surface area contributed by atoms with Crippen molar-refractivity contribution >= 4 is 11.8 Å². The van der Waals surface area contributed by atoms with E-state index >= 15 is 0 Å². The van der Waals surface area contributed by atoms with Gasteiger partial charge in [0.15, 0.2) is 0 Å². The van der Waals surface area contributed by atoms with Gasteiger partial charge in [0, 0.05) is 12.7 Å². The number of anilines is 1. The summed E-state index contributed by atoms with van der Waals surface area (Å²) >= 11 is 0. The highest BCUT2D eigenvalue weighted by Gasteiger charge is 2.33. The van der Waals surface area contributed by atoms with Crippen molar-refractivity contribution in [1.29, 1.82) is 0 Å². The van der Waals surface area contributed by atoms with Gasteiger partial charge >= 0.3 is 5.97 Å². The summed E-state index contributed by atoms with van der Waals surface area (Å²) in [7, 11) is 0. The molecule has 1 aliphatic rings. The Balaban J connectivity index is 1.89. The van der Waals surface area contributed by atoms with Crippen LogP contribution >= 0.6 is 0 Å². The third-order valence-corrected chi connectivity index (χ3v) is 3.16. The van der Waals surface area contributed by atoms with E-state index in [9.17, 15) is 9.90 Å². The van der Waals surface area contributed by atoms with Gasteiger partial charge in [-0.3, -0.25) is 0 Å². The average Bonchev–Trinajstić information content (AvgIpc) is 2.35. The Morgan fingerprint density at radius 3 is 2.83 bits per heavy atom. The van der Waals surface area contributed by atoms with Crippen LogP contribution in [0.25, 0.3) is 0 Å². The summed E-state index contributed by atoms with van der Waals surface area (Å²) in [5.74, 6) is 0.289. The minimum atomic E-state index is -0.582. The number of esters is 1. The SMILES string of the molecule is CCOC(=O)c1ccc(NCC2(O)CCC2)nc1. The third-order valence-electron chi connectivity index (χ3n) is 3.16. The molecule has 5 heteroatoms. The van der Waals surface area contributed by atoms with Crippen molar-refractivity contribution in [3.8, 4) is 0 Å². The van der Waals surface area contributed by atoms with Crippen molar-refractivity contribution in [3.63, 3.8) is 0 Å². The van der Waals surface area contributed by atoms with Crippen LogP contribution in [0.3, 0.4) is 0 Å². The van der Waals surface area contributed by atoms with Crippen LogP contribution in [0.1, 0.15) is 36.5 Å². The molecular weight excluding hydrogens is 232 g/mol. The van der Waals surface area contributed by atoms with Gasteiger partial charge in [0.25, 0.3) is 0 Å². The van der Waals surface area contributed by atoms with Crippen molar-refractivity contribution in [1.82, 2.24) is 4.98 Å². The zero-order valence-corrected chi connectivity index (χ0v) is 10.5. The molecule has 0 saturated heterocycles. The fourth-order valence-corrected chi connectivity index (χ4v) is 1.85. The largest absolute Gasteiger partial charge is 0.462 e. The van der Waals surface area contributed by atoms with Gasteiger partial charge in [-0.25, -0.2) is 9.78 Å². The molecule has 1 saturated carbocycles. The summed E-state index contributed by atoms with van der Waals surface area (Å²) in [6.45, 7) is 2.62. The van der Waals surface area contributed by atoms with Gasteiger partial charge < -0.3 is 15.2 Å². The minimum absolute atomic E-state index is 0.353. The van der Waals surface area contributed by atoms with Crippen LogP contribution in [0.2, 0.25) is 0 Å². The number of nitrogens with one attached hydrogen (secondary N) is 1. The van der Waals surface area contributed by atoms with Crippen LogP contribution in [0.4, 0.5) is 5.82 Å². The van der Waals surface area contributed by atoms with E-state index in [0.29, 0.717) is 24.5 Å². The van der Waals surface area contributed by atoms with E-state index in [4.69, 9.17) is 4.74 Å². The Hall–Kier alpha value is -1.62. The maximum absolute atomic E-state index is 11.4. The Kier molecular flexibility index (Phi) is 3.81. The molecule has 1 aromatic rings. The molecule has 2 N–H and O–H groups in total. The van der Waals surface area contributed by atoms with E-state index in [0.717, 1.165) is 19.3 Å². The first-order valence-corrected chi connectivity index (χ1v) is 6.22. The smallest absolute Gasteiger partial charge is 0.339 e. The summed E-state index contributed by atoms with van der Waals surface area (Å²) in [6, 6.07) is 3.38. The highest BCUT2D eigenvalue weighted by molar-refractivity contribution is 5.89. The molecule has 5 nitrogen and oxygen atoms in total. The molecule has 0 spiro atoms. The second kappa shape index (κ2) is 5.35. The quantitative estimate of drug-likeness (QED) is 0.776. The van der Waals surface area contributed by atoms with Crippen molar-refractivity contribution in [2.24, 2.45) is 0 Å². The van der Waals surface area contributed by atoms with Crippen molar-refractivity contribution in [2.75, 3.05) is 18.5 Å². The number of aromatic nitrogens is 1. The monoisotopic (exact) mass is 250 g/mol. The zero-order valence-electron chi connectivity index (χ0n) is 10.5. The molecule has 0 amide bonds. The van der Waals surface area contributed by atoms with Crippen molar-refractivity contribution in [3.05, 3.63) is 23.9 Å². The number of nitrogens with zero attached hydrogens (tertiary/aromatic N) is 1. The molecule has 0 aromatic carbocycles. The van der Waals surface area contributed by atoms with Crippen molar-refractivity contribution < 1.29 is 14.6 Å². The lowest BCUT2D eigenvalue weighted by Crippen LogP contribution is -2.43. The number of ether oxygens (including phenoxy) is 1. The number of aliphatic hydroxyl groups is 1. The minimum Gasteiger partial charge on any atom is -0.462 e. The topological polar surface area (TPSA) is 71.5 Å². The van der Waals surface area contributed by atoms with Crippen LogP contribution in [0.5, 0.6) is 0 Å². The van der Waals surface area contributed by atoms with Crippen LogP contribution in [0.15, 0.2) is 18.3 Å². The molecular formula is C13H18N2O3. The molecule has 0 atom stereocenters. The summed E-state index contributed by atoms with van der Waals surface area (Å²) in [5.41, 5.74) is -0.147. The van der Waals surface area contributed by atoms with E-state index in [1.54, 1.807) is 19.1 Å². The Morgan fingerprint density at radius 1 is 1.56 bits per heavy atom. The third kappa shape index (κ3) is 2.98. The Labute approximate surface area is 106 Å². The molecule has 1 heterocycles. The lowest BCUT2D eigenvalue weighted by Gasteiger charge is -2.36. The van der Waals surface area contributed by atoms with E-state index in [1.807, 2.05) is 0 Å². The van der Waals surface area contributed by atoms with Gasteiger partial charge in [0.05, 0.1) is 17.8 Å². The molecule has 18 heavy (non-hydrogen) atoms. The highest BCUT2D eigenvalue weighted by Crippen LogP contribution is 2.31. The number of hydrogen-bond acceptors (Lipinski definition) is 5.